The first-order chi connectivity index (χ1) is 14.9. The van der Waals surface area contributed by atoms with E-state index in [4.69, 9.17) is 39.5 Å². The molecule has 31 heavy (non-hydrogen) atoms. The van der Waals surface area contributed by atoms with Crippen molar-refractivity contribution in [3.05, 3.63) is 75.5 Å². The molecule has 0 aliphatic rings. The molecular formula is C21H19Cl3N4O2S. The monoisotopic (exact) mass is 496 g/mol. The highest BCUT2D eigenvalue weighted by Crippen LogP contribution is 2.33. The number of carbonyl (C=O) groups excluding carboxylic acids is 1. The molecule has 0 bridgehead atoms. The van der Waals surface area contributed by atoms with Crippen LogP contribution in [-0.4, -0.2) is 26.4 Å². The lowest BCUT2D eigenvalue weighted by molar-refractivity contribution is -0.113. The van der Waals surface area contributed by atoms with Gasteiger partial charge < -0.3 is 10.1 Å². The molecule has 0 unspecified atom stereocenters. The van der Waals surface area contributed by atoms with Crippen LogP contribution in [-0.2, 0) is 17.9 Å². The summed E-state index contributed by atoms with van der Waals surface area (Å²) in [7, 11) is 0. The summed E-state index contributed by atoms with van der Waals surface area (Å²) in [6, 6.07) is 10.8. The van der Waals surface area contributed by atoms with Gasteiger partial charge in [-0.2, -0.15) is 0 Å². The lowest BCUT2D eigenvalue weighted by Gasteiger charge is -2.11. The van der Waals surface area contributed by atoms with Crippen LogP contribution in [0.15, 0.2) is 54.2 Å². The predicted molar refractivity (Wildman–Crippen MR) is 127 cm³/mol. The number of nitrogens with one attached hydrogen (secondary N) is 1. The molecule has 0 saturated heterocycles. The van der Waals surface area contributed by atoms with Gasteiger partial charge in [-0.1, -0.05) is 70.3 Å². The van der Waals surface area contributed by atoms with E-state index in [2.05, 4.69) is 22.1 Å². The topological polar surface area (TPSA) is 69.0 Å². The molecule has 3 aromatic rings. The van der Waals surface area contributed by atoms with Crippen molar-refractivity contribution in [3.8, 4) is 5.75 Å². The molecule has 1 amide bonds. The van der Waals surface area contributed by atoms with Gasteiger partial charge in [-0.15, -0.1) is 16.8 Å². The SMILES string of the molecule is C=CCn1c(COc2ccc(C)cc2)nnc1SCC(=O)Nc1c(Cl)cc(Cl)cc1Cl. The zero-order chi connectivity index (χ0) is 22.4. The molecule has 3 rings (SSSR count). The zero-order valence-electron chi connectivity index (χ0n) is 16.6. The normalized spacial score (nSPS) is 10.7. The fraction of sp³-hybridized carbons (Fsp3) is 0.190. The van der Waals surface area contributed by atoms with E-state index in [0.29, 0.717) is 28.2 Å². The molecule has 162 valence electrons. The van der Waals surface area contributed by atoms with Gasteiger partial charge >= 0.3 is 0 Å². The van der Waals surface area contributed by atoms with E-state index in [9.17, 15) is 4.79 Å². The first-order valence-electron chi connectivity index (χ1n) is 9.17. The molecule has 1 aromatic heterocycles. The molecule has 6 nitrogen and oxygen atoms in total. The van der Waals surface area contributed by atoms with Gasteiger partial charge in [0, 0.05) is 11.6 Å². The van der Waals surface area contributed by atoms with E-state index in [1.807, 2.05) is 35.8 Å². The number of ether oxygens (including phenoxy) is 1. The second kappa shape index (κ2) is 10.9. The summed E-state index contributed by atoms with van der Waals surface area (Å²) in [6.45, 7) is 6.52. The van der Waals surface area contributed by atoms with Gasteiger partial charge in [0.05, 0.1) is 21.5 Å². The first-order valence-corrected chi connectivity index (χ1v) is 11.3. The smallest absolute Gasteiger partial charge is 0.234 e. The summed E-state index contributed by atoms with van der Waals surface area (Å²) in [5.74, 6) is 1.17. The van der Waals surface area contributed by atoms with Crippen molar-refractivity contribution in [1.29, 1.82) is 0 Å². The minimum Gasteiger partial charge on any atom is -0.486 e. The van der Waals surface area contributed by atoms with Crippen molar-refractivity contribution < 1.29 is 9.53 Å². The Kier molecular flexibility index (Phi) is 8.26. The number of carbonyl (C=O) groups is 1. The van der Waals surface area contributed by atoms with Crippen molar-refractivity contribution in [2.45, 2.75) is 25.2 Å². The van der Waals surface area contributed by atoms with Crippen molar-refractivity contribution in [2.75, 3.05) is 11.1 Å². The minimum atomic E-state index is -0.290. The zero-order valence-corrected chi connectivity index (χ0v) is 19.7. The van der Waals surface area contributed by atoms with Gasteiger partial charge in [0.2, 0.25) is 5.91 Å². The van der Waals surface area contributed by atoms with E-state index < -0.39 is 0 Å². The summed E-state index contributed by atoms with van der Waals surface area (Å²) in [4.78, 5) is 12.4. The van der Waals surface area contributed by atoms with Crippen molar-refractivity contribution >= 4 is 58.2 Å². The largest absolute Gasteiger partial charge is 0.486 e. The van der Waals surface area contributed by atoms with E-state index in [-0.39, 0.29) is 28.3 Å². The summed E-state index contributed by atoms with van der Waals surface area (Å²) >= 11 is 19.4. The molecule has 1 N–H and O–H groups in total. The highest BCUT2D eigenvalue weighted by Gasteiger charge is 2.16. The second-order valence-corrected chi connectivity index (χ2v) is 8.67. The molecule has 0 aliphatic carbocycles. The highest BCUT2D eigenvalue weighted by atomic mass is 35.5. The number of thioether (sulfide) groups is 1. The van der Waals surface area contributed by atoms with Gasteiger partial charge in [-0.25, -0.2) is 0 Å². The maximum Gasteiger partial charge on any atom is 0.234 e. The van der Waals surface area contributed by atoms with Gasteiger partial charge in [0.25, 0.3) is 0 Å². The number of nitrogens with zero attached hydrogens (tertiary/aromatic N) is 3. The lowest BCUT2D eigenvalue weighted by atomic mass is 10.2. The Bertz CT molecular complexity index is 1060. The Hall–Kier alpha value is -2.19. The number of aromatic nitrogens is 3. The molecule has 0 fully saturated rings. The number of hydrogen-bond acceptors (Lipinski definition) is 5. The van der Waals surface area contributed by atoms with Crippen LogP contribution in [0.1, 0.15) is 11.4 Å². The van der Waals surface area contributed by atoms with E-state index in [1.165, 1.54) is 23.9 Å². The van der Waals surface area contributed by atoms with Crippen LogP contribution in [0.2, 0.25) is 15.1 Å². The number of hydrogen-bond donors (Lipinski definition) is 1. The second-order valence-electron chi connectivity index (χ2n) is 6.48. The molecule has 10 heteroatoms. The summed E-state index contributed by atoms with van der Waals surface area (Å²) < 4.78 is 7.65. The molecule has 1 heterocycles. The Morgan fingerprint density at radius 2 is 1.87 bits per heavy atom. The van der Waals surface area contributed by atoms with Crippen molar-refractivity contribution in [3.63, 3.8) is 0 Å². The van der Waals surface area contributed by atoms with Crippen LogP contribution in [0.3, 0.4) is 0 Å². The molecule has 0 saturated carbocycles. The number of benzene rings is 2. The third-order valence-electron chi connectivity index (χ3n) is 4.10. The van der Waals surface area contributed by atoms with E-state index in [1.54, 1.807) is 6.08 Å². The fourth-order valence-corrected chi connectivity index (χ4v) is 4.27. The summed E-state index contributed by atoms with van der Waals surface area (Å²) in [5, 5.41) is 12.6. The number of allylic oxidation sites excluding steroid dienone is 1. The fourth-order valence-electron chi connectivity index (χ4n) is 2.59. The standard InChI is InChI=1S/C21H19Cl3N4O2S/c1-3-8-28-18(11-30-15-6-4-13(2)5-7-15)26-27-21(28)31-12-19(29)25-20-16(23)9-14(22)10-17(20)24/h3-7,9-10H,1,8,11-12H2,2H3,(H,25,29). The summed E-state index contributed by atoms with van der Waals surface area (Å²) in [6.07, 6.45) is 1.73. The third kappa shape index (κ3) is 6.40. The third-order valence-corrected chi connectivity index (χ3v) is 5.88. The molecule has 0 aliphatic heterocycles. The lowest BCUT2D eigenvalue weighted by Crippen LogP contribution is -2.15. The summed E-state index contributed by atoms with van der Waals surface area (Å²) in [5.41, 5.74) is 1.47. The van der Waals surface area contributed by atoms with Crippen molar-refractivity contribution in [1.82, 2.24) is 14.8 Å². The molecule has 2 aromatic carbocycles. The Balaban J connectivity index is 1.64. The number of anilines is 1. The maximum atomic E-state index is 12.4. The van der Waals surface area contributed by atoms with Gasteiger partial charge in [-0.05, 0) is 31.2 Å². The Morgan fingerprint density at radius 3 is 2.52 bits per heavy atom. The van der Waals surface area contributed by atoms with Crippen LogP contribution in [0, 0.1) is 6.92 Å². The van der Waals surface area contributed by atoms with E-state index in [0.717, 1.165) is 11.3 Å². The van der Waals surface area contributed by atoms with Crippen LogP contribution in [0.5, 0.6) is 5.75 Å². The van der Waals surface area contributed by atoms with Crippen molar-refractivity contribution in [2.24, 2.45) is 0 Å². The number of halogens is 3. The molecule has 0 atom stereocenters. The number of aryl methyl sites for hydroxylation is 1. The number of rotatable bonds is 9. The average Bonchev–Trinajstić information content (AvgIpc) is 3.10. The van der Waals surface area contributed by atoms with Crippen LogP contribution < -0.4 is 10.1 Å². The van der Waals surface area contributed by atoms with Gasteiger partial charge in [0.1, 0.15) is 12.4 Å². The molecule has 0 spiro atoms. The Morgan fingerprint density at radius 1 is 1.19 bits per heavy atom. The van der Waals surface area contributed by atoms with Crippen LogP contribution in [0.25, 0.3) is 0 Å². The maximum absolute atomic E-state index is 12.4. The van der Waals surface area contributed by atoms with Crippen LogP contribution in [0.4, 0.5) is 5.69 Å². The average molecular weight is 498 g/mol. The first kappa shape index (κ1) is 23.5. The van der Waals surface area contributed by atoms with Gasteiger partial charge in [-0.3, -0.25) is 9.36 Å². The van der Waals surface area contributed by atoms with Crippen LogP contribution >= 0.6 is 46.6 Å². The van der Waals surface area contributed by atoms with Gasteiger partial charge in [0.15, 0.2) is 11.0 Å². The highest BCUT2D eigenvalue weighted by molar-refractivity contribution is 7.99. The number of amides is 1. The quantitative estimate of drug-likeness (QED) is 0.288. The minimum absolute atomic E-state index is 0.0867. The predicted octanol–water partition coefficient (Wildman–Crippen LogP) is 6.04. The molecule has 0 radical (unpaired) electrons. The Labute approximate surface area is 199 Å². The molecular weight excluding hydrogens is 479 g/mol. The van der Waals surface area contributed by atoms with E-state index >= 15 is 0 Å².